The van der Waals surface area contributed by atoms with E-state index in [1.165, 1.54) is 12.8 Å². The third-order valence-electron chi connectivity index (χ3n) is 1.98. The van der Waals surface area contributed by atoms with E-state index in [0.29, 0.717) is 12.0 Å². The molecule has 0 saturated heterocycles. The van der Waals surface area contributed by atoms with Crippen LogP contribution in [0.3, 0.4) is 0 Å². The van der Waals surface area contributed by atoms with Crippen molar-refractivity contribution in [3.63, 3.8) is 0 Å². The van der Waals surface area contributed by atoms with Crippen molar-refractivity contribution in [2.24, 2.45) is 16.6 Å². The zero-order valence-electron chi connectivity index (χ0n) is 5.30. The Balaban J connectivity index is 1.91. The first-order valence-corrected chi connectivity index (χ1v) is 3.43. The minimum Gasteiger partial charge on any atom is -0.370 e. The van der Waals surface area contributed by atoms with Crippen LogP contribution in [-0.4, -0.2) is 18.5 Å². The van der Waals surface area contributed by atoms with Crippen LogP contribution in [0.4, 0.5) is 0 Å². The van der Waals surface area contributed by atoms with Crippen LogP contribution in [0.1, 0.15) is 12.8 Å². The lowest BCUT2D eigenvalue weighted by atomic mass is 10.2. The summed E-state index contributed by atoms with van der Waals surface area (Å²) in [5.41, 5.74) is 5.43. The van der Waals surface area contributed by atoms with Gasteiger partial charge >= 0.3 is 0 Å². The summed E-state index contributed by atoms with van der Waals surface area (Å²) in [6, 6.07) is 0.574. The number of nitrogens with two attached hydrogens (primary N) is 1. The minimum atomic E-state index is 0.574. The van der Waals surface area contributed by atoms with E-state index in [9.17, 15) is 0 Å². The lowest BCUT2D eigenvalue weighted by molar-refractivity contribution is 0.581. The second kappa shape index (κ2) is 1.62. The van der Waals surface area contributed by atoms with E-state index in [1.54, 1.807) is 0 Å². The Morgan fingerprint density at radius 3 is 2.78 bits per heavy atom. The molecule has 1 fully saturated rings. The van der Waals surface area contributed by atoms with E-state index >= 15 is 0 Å². The highest BCUT2D eigenvalue weighted by Crippen LogP contribution is 2.33. The molecule has 0 radical (unpaired) electrons. The summed E-state index contributed by atoms with van der Waals surface area (Å²) in [5.74, 6) is 1.50. The molecule has 1 saturated carbocycles. The van der Waals surface area contributed by atoms with Crippen molar-refractivity contribution in [1.29, 1.82) is 0 Å². The van der Waals surface area contributed by atoms with Crippen LogP contribution >= 0.6 is 0 Å². The molecule has 0 aromatic heterocycles. The van der Waals surface area contributed by atoms with Crippen LogP contribution < -0.4 is 11.1 Å². The first-order valence-electron chi connectivity index (χ1n) is 3.43. The quantitative estimate of drug-likeness (QED) is 0.504. The number of guanidine groups is 1. The van der Waals surface area contributed by atoms with Gasteiger partial charge in [-0.1, -0.05) is 0 Å². The Hall–Kier alpha value is -0.730. The highest BCUT2D eigenvalue weighted by molar-refractivity contribution is 5.79. The van der Waals surface area contributed by atoms with Crippen molar-refractivity contribution >= 4 is 5.96 Å². The molecule has 1 aliphatic heterocycles. The molecule has 0 aromatic carbocycles. The van der Waals surface area contributed by atoms with Gasteiger partial charge in [0.1, 0.15) is 0 Å². The van der Waals surface area contributed by atoms with E-state index < -0.39 is 0 Å². The second-order valence-corrected chi connectivity index (χ2v) is 2.81. The van der Waals surface area contributed by atoms with Crippen LogP contribution in [-0.2, 0) is 0 Å². The van der Waals surface area contributed by atoms with Gasteiger partial charge in [0.15, 0.2) is 5.96 Å². The summed E-state index contributed by atoms with van der Waals surface area (Å²) in [7, 11) is 0. The van der Waals surface area contributed by atoms with Crippen LogP contribution in [0.15, 0.2) is 4.99 Å². The lowest BCUT2D eigenvalue weighted by Crippen LogP contribution is -2.36. The minimum absolute atomic E-state index is 0.574. The molecule has 3 heteroatoms. The predicted molar refractivity (Wildman–Crippen MR) is 36.1 cm³/mol. The molecule has 0 bridgehead atoms. The molecule has 1 atom stereocenters. The number of rotatable bonds is 1. The molecule has 2 rings (SSSR count). The molecular weight excluding hydrogens is 114 g/mol. The first-order chi connectivity index (χ1) is 4.36. The monoisotopic (exact) mass is 125 g/mol. The Bertz CT molecular complexity index is 148. The van der Waals surface area contributed by atoms with Crippen LogP contribution in [0.25, 0.3) is 0 Å². The van der Waals surface area contributed by atoms with Crippen molar-refractivity contribution in [1.82, 2.24) is 5.32 Å². The number of nitrogens with one attached hydrogen (secondary N) is 1. The van der Waals surface area contributed by atoms with E-state index in [0.717, 1.165) is 12.5 Å². The molecule has 50 valence electrons. The van der Waals surface area contributed by atoms with E-state index in [4.69, 9.17) is 5.73 Å². The number of nitrogens with zero attached hydrogens (tertiary/aromatic N) is 1. The van der Waals surface area contributed by atoms with Crippen LogP contribution in [0.2, 0.25) is 0 Å². The summed E-state index contributed by atoms with van der Waals surface area (Å²) >= 11 is 0. The average molecular weight is 125 g/mol. The SMILES string of the molecule is NC1=NCC(C2CC2)N1. The second-order valence-electron chi connectivity index (χ2n) is 2.81. The molecule has 0 spiro atoms. The van der Waals surface area contributed by atoms with Gasteiger partial charge in [-0.3, -0.25) is 4.99 Å². The predicted octanol–water partition coefficient (Wildman–Crippen LogP) is -0.317. The molecular formula is C6H11N3. The normalized spacial score (nSPS) is 33.8. The fourth-order valence-corrected chi connectivity index (χ4v) is 1.24. The van der Waals surface area contributed by atoms with Gasteiger partial charge in [-0.2, -0.15) is 0 Å². The Morgan fingerprint density at radius 2 is 2.33 bits per heavy atom. The zero-order chi connectivity index (χ0) is 6.27. The Kier molecular flexibility index (Phi) is 0.917. The maximum atomic E-state index is 5.43. The molecule has 0 amide bonds. The van der Waals surface area contributed by atoms with Crippen LogP contribution in [0, 0.1) is 5.92 Å². The van der Waals surface area contributed by atoms with Gasteiger partial charge in [-0.15, -0.1) is 0 Å². The van der Waals surface area contributed by atoms with E-state index in [1.807, 2.05) is 0 Å². The van der Waals surface area contributed by atoms with Gasteiger partial charge < -0.3 is 11.1 Å². The highest BCUT2D eigenvalue weighted by Gasteiger charge is 2.33. The lowest BCUT2D eigenvalue weighted by Gasteiger charge is -2.06. The third kappa shape index (κ3) is 0.866. The van der Waals surface area contributed by atoms with Gasteiger partial charge in [0.2, 0.25) is 0 Å². The number of aliphatic imine (C=N–C) groups is 1. The summed E-state index contributed by atoms with van der Waals surface area (Å²) in [5, 5.41) is 3.14. The largest absolute Gasteiger partial charge is 0.370 e. The van der Waals surface area contributed by atoms with Gasteiger partial charge in [-0.05, 0) is 18.8 Å². The number of hydrogen-bond donors (Lipinski definition) is 2. The smallest absolute Gasteiger partial charge is 0.188 e. The molecule has 1 aliphatic carbocycles. The molecule has 0 aromatic rings. The standard InChI is InChI=1S/C6H11N3/c7-6-8-3-5(9-6)4-1-2-4/h4-5H,1-3H2,(H3,7,8,9). The van der Waals surface area contributed by atoms with Gasteiger partial charge in [0, 0.05) is 0 Å². The highest BCUT2D eigenvalue weighted by atomic mass is 15.2. The molecule has 9 heavy (non-hydrogen) atoms. The molecule has 1 unspecified atom stereocenters. The van der Waals surface area contributed by atoms with Gasteiger partial charge in [-0.25, -0.2) is 0 Å². The first kappa shape index (κ1) is 5.09. The Labute approximate surface area is 54.3 Å². The van der Waals surface area contributed by atoms with Crippen molar-refractivity contribution in [3.8, 4) is 0 Å². The van der Waals surface area contributed by atoms with Gasteiger partial charge in [0.25, 0.3) is 0 Å². The molecule has 2 aliphatic rings. The third-order valence-corrected chi connectivity index (χ3v) is 1.98. The fraction of sp³-hybridized carbons (Fsp3) is 0.833. The fourth-order valence-electron chi connectivity index (χ4n) is 1.24. The summed E-state index contributed by atoms with van der Waals surface area (Å²) < 4.78 is 0. The van der Waals surface area contributed by atoms with Crippen molar-refractivity contribution < 1.29 is 0 Å². The van der Waals surface area contributed by atoms with Crippen molar-refractivity contribution in [2.45, 2.75) is 18.9 Å². The summed E-state index contributed by atoms with van der Waals surface area (Å²) in [6.07, 6.45) is 2.72. The van der Waals surface area contributed by atoms with Gasteiger partial charge in [0.05, 0.1) is 12.6 Å². The topological polar surface area (TPSA) is 50.4 Å². The maximum absolute atomic E-state index is 5.43. The number of hydrogen-bond acceptors (Lipinski definition) is 3. The van der Waals surface area contributed by atoms with Crippen molar-refractivity contribution in [3.05, 3.63) is 0 Å². The van der Waals surface area contributed by atoms with Crippen molar-refractivity contribution in [2.75, 3.05) is 6.54 Å². The zero-order valence-corrected chi connectivity index (χ0v) is 5.30. The molecule has 3 nitrogen and oxygen atoms in total. The maximum Gasteiger partial charge on any atom is 0.188 e. The van der Waals surface area contributed by atoms with Crippen LogP contribution in [0.5, 0.6) is 0 Å². The molecule has 1 heterocycles. The average Bonchev–Trinajstić information content (AvgIpc) is 2.58. The summed E-state index contributed by atoms with van der Waals surface area (Å²) in [4.78, 5) is 4.06. The van der Waals surface area contributed by atoms with E-state index in [-0.39, 0.29) is 0 Å². The summed E-state index contributed by atoms with van der Waals surface area (Å²) in [6.45, 7) is 0.899. The molecule has 3 N–H and O–H groups in total. The van der Waals surface area contributed by atoms with E-state index in [2.05, 4.69) is 10.3 Å². The Morgan fingerprint density at radius 1 is 1.56 bits per heavy atom.